The molecule has 0 radical (unpaired) electrons. The van der Waals surface area contributed by atoms with Crippen LogP contribution in [0.3, 0.4) is 0 Å². The maximum absolute atomic E-state index is 12.4. The summed E-state index contributed by atoms with van der Waals surface area (Å²) in [5, 5.41) is 0.334. The minimum Gasteiger partial charge on any atom is -0.327 e. The Hall–Kier alpha value is -0.950. The fraction of sp³-hybridized carbons (Fsp3) is 0.455. The first kappa shape index (κ1) is 16.1. The van der Waals surface area contributed by atoms with Crippen LogP contribution in [-0.4, -0.2) is 18.4 Å². The molecule has 0 bridgehead atoms. The summed E-state index contributed by atoms with van der Waals surface area (Å²) in [7, 11) is 0. The average molecular weight is 306 g/mol. The molecule has 0 amide bonds. The highest BCUT2D eigenvalue weighted by Crippen LogP contribution is 2.41. The van der Waals surface area contributed by atoms with E-state index in [1.807, 2.05) is 0 Å². The molecule has 1 aromatic carbocycles. The number of alkyl halides is 6. The van der Waals surface area contributed by atoms with Crippen molar-refractivity contribution in [1.82, 2.24) is 0 Å². The highest BCUT2D eigenvalue weighted by Gasteiger charge is 2.59. The zero-order valence-corrected chi connectivity index (χ0v) is 10.2. The smallest absolute Gasteiger partial charge is 0.327 e. The molecular formula is C11H10ClF6N. The Morgan fingerprint density at radius 3 is 1.74 bits per heavy atom. The summed E-state index contributed by atoms with van der Waals surface area (Å²) in [5.74, 6) is -3.55. The zero-order chi connectivity index (χ0) is 14.8. The van der Waals surface area contributed by atoms with Crippen LogP contribution in [0.1, 0.15) is 5.56 Å². The van der Waals surface area contributed by atoms with Crippen LogP contribution >= 0.6 is 11.6 Å². The largest absolute Gasteiger partial charge is 0.402 e. The summed E-state index contributed by atoms with van der Waals surface area (Å²) in [6.07, 6.45) is -11.4. The predicted molar refractivity (Wildman–Crippen MR) is 58.7 cm³/mol. The van der Waals surface area contributed by atoms with Gasteiger partial charge in [0.05, 0.1) is 0 Å². The fourth-order valence-electron chi connectivity index (χ4n) is 1.68. The third-order valence-corrected chi connectivity index (χ3v) is 2.77. The molecule has 0 heterocycles. The van der Waals surface area contributed by atoms with Gasteiger partial charge in [-0.15, -0.1) is 0 Å². The van der Waals surface area contributed by atoms with Crippen molar-refractivity contribution < 1.29 is 26.3 Å². The van der Waals surface area contributed by atoms with Crippen molar-refractivity contribution in [2.24, 2.45) is 11.7 Å². The SMILES string of the molecule is NC(Cc1ccc(Cl)cc1)C(C(F)(F)F)C(F)(F)F. The minimum absolute atomic E-state index is 0.260. The van der Waals surface area contributed by atoms with Crippen LogP contribution in [0.15, 0.2) is 24.3 Å². The molecule has 8 heteroatoms. The number of hydrogen-bond donors (Lipinski definition) is 1. The van der Waals surface area contributed by atoms with Gasteiger partial charge in [0.25, 0.3) is 0 Å². The van der Waals surface area contributed by atoms with E-state index in [0.717, 1.165) is 0 Å². The Bertz CT molecular complexity index is 397. The lowest BCUT2D eigenvalue weighted by Gasteiger charge is -2.28. The lowest BCUT2D eigenvalue weighted by molar-refractivity contribution is -0.289. The van der Waals surface area contributed by atoms with E-state index in [0.29, 0.717) is 5.02 Å². The van der Waals surface area contributed by atoms with E-state index in [-0.39, 0.29) is 5.56 Å². The Morgan fingerprint density at radius 2 is 1.37 bits per heavy atom. The van der Waals surface area contributed by atoms with Crippen LogP contribution < -0.4 is 5.73 Å². The number of rotatable bonds is 3. The third-order valence-electron chi connectivity index (χ3n) is 2.52. The molecule has 0 aliphatic rings. The first-order valence-corrected chi connectivity index (χ1v) is 5.53. The number of hydrogen-bond acceptors (Lipinski definition) is 1. The molecule has 1 aromatic rings. The van der Waals surface area contributed by atoms with E-state index in [1.165, 1.54) is 24.3 Å². The maximum Gasteiger partial charge on any atom is 0.402 e. The Labute approximate surface area is 110 Å². The van der Waals surface area contributed by atoms with Gasteiger partial charge in [0.15, 0.2) is 5.92 Å². The Morgan fingerprint density at radius 1 is 0.947 bits per heavy atom. The number of halogens is 7. The molecule has 0 fully saturated rings. The summed E-state index contributed by atoms with van der Waals surface area (Å²) >= 11 is 5.56. The van der Waals surface area contributed by atoms with Gasteiger partial charge in [-0.25, -0.2) is 0 Å². The quantitative estimate of drug-likeness (QED) is 0.841. The van der Waals surface area contributed by atoms with Gasteiger partial charge < -0.3 is 5.73 Å². The molecule has 1 unspecified atom stereocenters. The summed E-state index contributed by atoms with van der Waals surface area (Å²) in [6, 6.07) is 3.33. The van der Waals surface area contributed by atoms with Gasteiger partial charge in [-0.3, -0.25) is 0 Å². The van der Waals surface area contributed by atoms with Crippen LogP contribution in [0.25, 0.3) is 0 Å². The van der Waals surface area contributed by atoms with Crippen LogP contribution in [0, 0.1) is 5.92 Å². The lowest BCUT2D eigenvalue weighted by Crippen LogP contribution is -2.49. The van der Waals surface area contributed by atoms with E-state index in [9.17, 15) is 26.3 Å². The summed E-state index contributed by atoms with van der Waals surface area (Å²) < 4.78 is 74.5. The second-order valence-corrected chi connectivity index (χ2v) is 4.49. The van der Waals surface area contributed by atoms with Crippen molar-refractivity contribution >= 4 is 11.6 Å². The van der Waals surface area contributed by atoms with E-state index in [4.69, 9.17) is 17.3 Å². The van der Waals surface area contributed by atoms with Gasteiger partial charge in [-0.05, 0) is 24.1 Å². The van der Waals surface area contributed by atoms with Crippen LogP contribution in [0.4, 0.5) is 26.3 Å². The second kappa shape index (κ2) is 5.58. The number of benzene rings is 1. The monoisotopic (exact) mass is 305 g/mol. The number of nitrogens with two attached hydrogens (primary N) is 1. The average Bonchev–Trinajstić information content (AvgIpc) is 2.16. The van der Waals surface area contributed by atoms with Gasteiger partial charge in [0.2, 0.25) is 0 Å². The minimum atomic E-state index is -5.43. The molecule has 0 aliphatic heterocycles. The van der Waals surface area contributed by atoms with E-state index >= 15 is 0 Å². The third kappa shape index (κ3) is 4.58. The van der Waals surface area contributed by atoms with Crippen LogP contribution in [0.2, 0.25) is 5.02 Å². The second-order valence-electron chi connectivity index (χ2n) is 4.06. The van der Waals surface area contributed by atoms with E-state index in [2.05, 4.69) is 0 Å². The van der Waals surface area contributed by atoms with E-state index < -0.39 is 30.7 Å². The first-order valence-electron chi connectivity index (χ1n) is 5.15. The van der Waals surface area contributed by atoms with Crippen molar-refractivity contribution in [2.75, 3.05) is 0 Å². The van der Waals surface area contributed by atoms with Crippen molar-refractivity contribution in [3.05, 3.63) is 34.9 Å². The molecule has 1 rings (SSSR count). The molecule has 0 aliphatic carbocycles. The van der Waals surface area contributed by atoms with Gasteiger partial charge in [-0.2, -0.15) is 26.3 Å². The first-order chi connectivity index (χ1) is 8.51. The van der Waals surface area contributed by atoms with Gasteiger partial charge in [0, 0.05) is 11.1 Å². The molecule has 0 saturated heterocycles. The maximum atomic E-state index is 12.4. The molecule has 108 valence electrons. The van der Waals surface area contributed by atoms with E-state index in [1.54, 1.807) is 0 Å². The van der Waals surface area contributed by atoms with Crippen LogP contribution in [-0.2, 0) is 6.42 Å². The van der Waals surface area contributed by atoms with Gasteiger partial charge in [0.1, 0.15) is 0 Å². The van der Waals surface area contributed by atoms with Gasteiger partial charge >= 0.3 is 12.4 Å². The molecular weight excluding hydrogens is 296 g/mol. The summed E-state index contributed by atoms with van der Waals surface area (Å²) in [4.78, 5) is 0. The predicted octanol–water partition coefficient (Wildman–Crippen LogP) is 3.95. The fourth-order valence-corrected chi connectivity index (χ4v) is 1.81. The standard InChI is InChI=1S/C11H10ClF6N/c12-7-3-1-6(2-4-7)5-8(19)9(10(13,14)15)11(16,17)18/h1-4,8-9H,5,19H2. The summed E-state index contributed by atoms with van der Waals surface area (Å²) in [5.41, 5.74) is 5.35. The van der Waals surface area contributed by atoms with Crippen molar-refractivity contribution in [3.8, 4) is 0 Å². The molecule has 0 spiro atoms. The topological polar surface area (TPSA) is 26.0 Å². The highest BCUT2D eigenvalue weighted by atomic mass is 35.5. The molecule has 19 heavy (non-hydrogen) atoms. The Balaban J connectivity index is 2.89. The van der Waals surface area contributed by atoms with Crippen molar-refractivity contribution in [1.29, 1.82) is 0 Å². The lowest BCUT2D eigenvalue weighted by atomic mass is 9.93. The highest BCUT2D eigenvalue weighted by molar-refractivity contribution is 6.30. The molecule has 0 aromatic heterocycles. The molecule has 1 atom stereocenters. The van der Waals surface area contributed by atoms with Crippen molar-refractivity contribution in [3.63, 3.8) is 0 Å². The zero-order valence-electron chi connectivity index (χ0n) is 9.39. The van der Waals surface area contributed by atoms with Crippen LogP contribution in [0.5, 0.6) is 0 Å². The molecule has 1 nitrogen and oxygen atoms in total. The Kier molecular flexibility index (Phi) is 4.73. The van der Waals surface area contributed by atoms with Crippen molar-refractivity contribution in [2.45, 2.75) is 24.8 Å². The molecule has 0 saturated carbocycles. The normalized spacial score (nSPS) is 14.8. The van der Waals surface area contributed by atoms with Gasteiger partial charge in [-0.1, -0.05) is 23.7 Å². The summed E-state index contributed by atoms with van der Waals surface area (Å²) in [6.45, 7) is 0. The molecule has 2 N–H and O–H groups in total.